The molecule has 1 aliphatic heterocycles. The monoisotopic (exact) mass is 253 g/mol. The number of Topliss-reactive ketones (excluding diaryl/α,β-unsaturated/α-hetero) is 1. The number of rotatable bonds is 3. The normalized spacial score (nSPS) is 17.4. The van der Waals surface area contributed by atoms with E-state index < -0.39 is 23.0 Å². The maximum Gasteiger partial charge on any atom is 0.182 e. The summed E-state index contributed by atoms with van der Waals surface area (Å²) in [6.45, 7) is 1.78. The molecule has 0 amide bonds. The second-order valence-electron chi connectivity index (χ2n) is 4.71. The van der Waals surface area contributed by atoms with E-state index in [1.165, 1.54) is 18.9 Å². The van der Waals surface area contributed by atoms with Crippen LogP contribution in [0.1, 0.15) is 36.0 Å². The third-order valence-corrected chi connectivity index (χ3v) is 3.31. The van der Waals surface area contributed by atoms with Crippen LogP contribution in [-0.2, 0) is 0 Å². The van der Waals surface area contributed by atoms with Gasteiger partial charge >= 0.3 is 0 Å². The van der Waals surface area contributed by atoms with Gasteiger partial charge in [-0.05, 0) is 38.1 Å². The molecule has 1 aromatic rings. The molecule has 1 aliphatic rings. The smallest absolute Gasteiger partial charge is 0.182 e. The molecule has 0 aromatic heterocycles. The molecule has 2 rings (SSSR count). The zero-order chi connectivity index (χ0) is 13.0. The SMILES string of the molecule is O=C(CN1CCCCCC1)c1c(F)cccc1F. The van der Waals surface area contributed by atoms with Crippen molar-refractivity contribution in [2.75, 3.05) is 19.6 Å². The van der Waals surface area contributed by atoms with Crippen LogP contribution in [0.2, 0.25) is 0 Å². The second-order valence-corrected chi connectivity index (χ2v) is 4.71. The highest BCUT2D eigenvalue weighted by molar-refractivity contribution is 5.98. The van der Waals surface area contributed by atoms with Crippen molar-refractivity contribution in [1.82, 2.24) is 4.90 Å². The number of halogens is 2. The lowest BCUT2D eigenvalue weighted by Gasteiger charge is -2.18. The number of hydrogen-bond acceptors (Lipinski definition) is 2. The van der Waals surface area contributed by atoms with Gasteiger partial charge in [0.05, 0.1) is 12.1 Å². The molecule has 0 spiro atoms. The van der Waals surface area contributed by atoms with E-state index in [9.17, 15) is 13.6 Å². The molecule has 0 aliphatic carbocycles. The number of carbonyl (C=O) groups excluding carboxylic acids is 1. The van der Waals surface area contributed by atoms with E-state index in [1.54, 1.807) is 0 Å². The van der Waals surface area contributed by atoms with Crippen molar-refractivity contribution < 1.29 is 13.6 Å². The minimum absolute atomic E-state index is 0.109. The fourth-order valence-corrected chi connectivity index (χ4v) is 2.34. The summed E-state index contributed by atoms with van der Waals surface area (Å²) >= 11 is 0. The zero-order valence-corrected chi connectivity index (χ0v) is 10.3. The number of likely N-dealkylation sites (tertiary alicyclic amines) is 1. The standard InChI is InChI=1S/C14H17F2NO/c15-11-6-5-7-12(16)14(11)13(18)10-17-8-3-1-2-4-9-17/h5-7H,1-4,8-10H2. The van der Waals surface area contributed by atoms with Gasteiger partial charge in [-0.1, -0.05) is 18.9 Å². The third kappa shape index (κ3) is 3.13. The number of nitrogens with zero attached hydrogens (tertiary/aromatic N) is 1. The van der Waals surface area contributed by atoms with Gasteiger partial charge in [-0.3, -0.25) is 9.69 Å². The summed E-state index contributed by atoms with van der Waals surface area (Å²) < 4.78 is 26.9. The van der Waals surface area contributed by atoms with Crippen LogP contribution in [0.25, 0.3) is 0 Å². The Hall–Kier alpha value is -1.29. The third-order valence-electron chi connectivity index (χ3n) is 3.31. The molecule has 0 radical (unpaired) electrons. The molecule has 1 saturated heterocycles. The van der Waals surface area contributed by atoms with Crippen molar-refractivity contribution >= 4 is 5.78 Å². The van der Waals surface area contributed by atoms with E-state index in [-0.39, 0.29) is 6.54 Å². The number of benzene rings is 1. The van der Waals surface area contributed by atoms with Crippen LogP contribution >= 0.6 is 0 Å². The zero-order valence-electron chi connectivity index (χ0n) is 10.3. The van der Waals surface area contributed by atoms with Gasteiger partial charge < -0.3 is 0 Å². The van der Waals surface area contributed by atoms with Crippen LogP contribution in [0.3, 0.4) is 0 Å². The highest BCUT2D eigenvalue weighted by Gasteiger charge is 2.20. The lowest BCUT2D eigenvalue weighted by Crippen LogP contribution is -2.31. The maximum atomic E-state index is 13.5. The molecule has 0 saturated carbocycles. The Bertz CT molecular complexity index is 406. The Labute approximate surface area is 106 Å². The number of hydrogen-bond donors (Lipinski definition) is 0. The highest BCUT2D eigenvalue weighted by Crippen LogP contribution is 2.15. The predicted molar refractivity (Wildman–Crippen MR) is 65.6 cm³/mol. The summed E-state index contributed by atoms with van der Waals surface area (Å²) in [7, 11) is 0. The van der Waals surface area contributed by atoms with E-state index in [1.807, 2.05) is 4.90 Å². The van der Waals surface area contributed by atoms with E-state index >= 15 is 0 Å². The van der Waals surface area contributed by atoms with Gasteiger partial charge in [-0.25, -0.2) is 8.78 Å². The fraction of sp³-hybridized carbons (Fsp3) is 0.500. The first-order chi connectivity index (χ1) is 8.68. The van der Waals surface area contributed by atoms with Crippen LogP contribution in [0.5, 0.6) is 0 Å². The average Bonchev–Trinajstić information content (AvgIpc) is 2.57. The molecule has 18 heavy (non-hydrogen) atoms. The summed E-state index contributed by atoms with van der Waals surface area (Å²) in [4.78, 5) is 13.9. The molecule has 1 heterocycles. The Morgan fingerprint density at radius 3 is 2.17 bits per heavy atom. The van der Waals surface area contributed by atoms with Crippen LogP contribution < -0.4 is 0 Å². The van der Waals surface area contributed by atoms with Gasteiger partial charge in [0, 0.05) is 0 Å². The average molecular weight is 253 g/mol. The second kappa shape index (κ2) is 6.05. The fourth-order valence-electron chi connectivity index (χ4n) is 2.34. The van der Waals surface area contributed by atoms with Crippen LogP contribution in [0.15, 0.2) is 18.2 Å². The first kappa shape index (κ1) is 13.1. The topological polar surface area (TPSA) is 20.3 Å². The summed E-state index contributed by atoms with van der Waals surface area (Å²) in [6, 6.07) is 3.52. The molecule has 0 atom stereocenters. The van der Waals surface area contributed by atoms with Crippen molar-refractivity contribution in [2.24, 2.45) is 0 Å². The maximum absolute atomic E-state index is 13.5. The van der Waals surface area contributed by atoms with Gasteiger partial charge in [0.2, 0.25) is 0 Å². The summed E-state index contributed by atoms with van der Waals surface area (Å²) in [5, 5.41) is 0. The molecule has 0 unspecified atom stereocenters. The molecule has 0 bridgehead atoms. The van der Waals surface area contributed by atoms with E-state index in [0.29, 0.717) is 0 Å². The van der Waals surface area contributed by atoms with Crippen molar-refractivity contribution in [3.05, 3.63) is 35.4 Å². The van der Waals surface area contributed by atoms with Gasteiger partial charge in [0.1, 0.15) is 11.6 Å². The summed E-state index contributed by atoms with van der Waals surface area (Å²) in [5.74, 6) is -2.00. The van der Waals surface area contributed by atoms with Crippen molar-refractivity contribution in [3.8, 4) is 0 Å². The predicted octanol–water partition coefficient (Wildman–Crippen LogP) is 3.02. The van der Waals surface area contributed by atoms with Crippen molar-refractivity contribution in [2.45, 2.75) is 25.7 Å². The largest absolute Gasteiger partial charge is 0.296 e. The van der Waals surface area contributed by atoms with Crippen LogP contribution in [0.4, 0.5) is 8.78 Å². The Morgan fingerprint density at radius 2 is 1.61 bits per heavy atom. The lowest BCUT2D eigenvalue weighted by molar-refractivity contribution is 0.0924. The van der Waals surface area contributed by atoms with E-state index in [2.05, 4.69) is 0 Å². The van der Waals surface area contributed by atoms with Crippen LogP contribution in [0, 0.1) is 11.6 Å². The Balaban J connectivity index is 2.07. The molecule has 2 nitrogen and oxygen atoms in total. The van der Waals surface area contributed by atoms with Crippen molar-refractivity contribution in [1.29, 1.82) is 0 Å². The molecule has 98 valence electrons. The Kier molecular flexibility index (Phi) is 4.42. The molecule has 1 aromatic carbocycles. The summed E-state index contributed by atoms with van der Waals surface area (Å²) in [5.41, 5.74) is -0.401. The summed E-state index contributed by atoms with van der Waals surface area (Å²) in [6.07, 6.45) is 4.43. The quantitative estimate of drug-likeness (QED) is 0.772. The van der Waals surface area contributed by atoms with Crippen LogP contribution in [-0.4, -0.2) is 30.3 Å². The first-order valence-electron chi connectivity index (χ1n) is 6.38. The van der Waals surface area contributed by atoms with Gasteiger partial charge in [0.15, 0.2) is 5.78 Å². The Morgan fingerprint density at radius 1 is 1.06 bits per heavy atom. The van der Waals surface area contributed by atoms with Gasteiger partial charge in [-0.2, -0.15) is 0 Å². The molecule has 4 heteroatoms. The van der Waals surface area contributed by atoms with Crippen molar-refractivity contribution in [3.63, 3.8) is 0 Å². The van der Waals surface area contributed by atoms with Gasteiger partial charge in [0.25, 0.3) is 0 Å². The highest BCUT2D eigenvalue weighted by atomic mass is 19.1. The van der Waals surface area contributed by atoms with Gasteiger partial charge in [-0.15, -0.1) is 0 Å². The molecule has 1 fully saturated rings. The van der Waals surface area contributed by atoms with E-state index in [4.69, 9.17) is 0 Å². The number of ketones is 1. The lowest BCUT2D eigenvalue weighted by atomic mass is 10.1. The molecular formula is C14H17F2NO. The minimum atomic E-state index is -0.769. The minimum Gasteiger partial charge on any atom is -0.296 e. The molecule has 0 N–H and O–H groups in total. The van der Waals surface area contributed by atoms with E-state index in [0.717, 1.165) is 38.1 Å². The molecular weight excluding hydrogens is 236 g/mol. The first-order valence-corrected chi connectivity index (χ1v) is 6.38. The number of carbonyl (C=O) groups is 1.